The van der Waals surface area contributed by atoms with Crippen molar-refractivity contribution in [3.63, 3.8) is 0 Å². The number of amides is 2. The molecule has 0 bridgehead atoms. The molecule has 2 aromatic carbocycles. The number of aliphatic imine (C=N–C) groups is 1. The number of benzene rings is 2. The molecule has 9 heteroatoms. The highest BCUT2D eigenvalue weighted by Crippen LogP contribution is 2.50. The predicted octanol–water partition coefficient (Wildman–Crippen LogP) is 7.54. The number of halogens is 2. The summed E-state index contributed by atoms with van der Waals surface area (Å²) < 4.78 is 0. The molecular formula is C33H43Cl2N5O2. The number of unbranched alkanes of at least 4 members (excludes halogenated alkanes) is 1. The second-order valence-corrected chi connectivity index (χ2v) is 13.3. The molecule has 1 saturated carbocycles. The first-order chi connectivity index (χ1) is 19.9. The molecule has 1 atom stereocenters. The van der Waals surface area contributed by atoms with Gasteiger partial charge in [0.15, 0.2) is 0 Å². The Hall–Kier alpha value is -2.90. The van der Waals surface area contributed by atoms with Gasteiger partial charge in [0.1, 0.15) is 17.2 Å². The lowest BCUT2D eigenvalue weighted by Gasteiger charge is -2.48. The lowest BCUT2D eigenvalue weighted by atomic mass is 9.67. The first kappa shape index (κ1) is 32.0. The third-order valence-electron chi connectivity index (χ3n) is 9.27. The summed E-state index contributed by atoms with van der Waals surface area (Å²) in [6, 6.07) is 12.4. The third-order valence-corrected chi connectivity index (χ3v) is 9.70. The average molecular weight is 613 g/mol. The molecule has 1 heterocycles. The first-order valence-electron chi connectivity index (χ1n) is 15.0. The molecule has 1 aliphatic carbocycles. The Morgan fingerprint density at radius 2 is 1.76 bits per heavy atom. The van der Waals surface area contributed by atoms with Crippen LogP contribution in [0.15, 0.2) is 47.5 Å². The smallest absolute Gasteiger partial charge is 0.275 e. The van der Waals surface area contributed by atoms with E-state index in [-0.39, 0.29) is 35.7 Å². The first-order valence-corrected chi connectivity index (χ1v) is 15.8. The number of carbonyl (C=O) groups is 2. The molecule has 1 fully saturated rings. The highest BCUT2D eigenvalue weighted by Gasteiger charge is 2.52. The van der Waals surface area contributed by atoms with E-state index >= 15 is 0 Å². The zero-order valence-electron chi connectivity index (χ0n) is 25.1. The van der Waals surface area contributed by atoms with Crippen LogP contribution in [0, 0.1) is 16.7 Å². The van der Waals surface area contributed by atoms with Gasteiger partial charge in [-0.1, -0.05) is 82.3 Å². The van der Waals surface area contributed by atoms with E-state index in [0.29, 0.717) is 32.8 Å². The summed E-state index contributed by atoms with van der Waals surface area (Å²) in [6.45, 7) is 9.07. The van der Waals surface area contributed by atoms with Gasteiger partial charge >= 0.3 is 0 Å². The summed E-state index contributed by atoms with van der Waals surface area (Å²) in [5.74, 6) is 0.0555. The topological polar surface area (TPSA) is 112 Å². The standard InChI is InChI=1S/C33H43Cl2N5O2/c1-5-7-8-27(21-9-11-22(12-10-21)30(41)38-20-28(36)37)40-31(42)29(23-17-25(34)19-26(35)18-23)39-33(40)15-13-24(14-16-33)32(3,4)6-2/h9-12,17-19,24,27H,5-8,13-16,20H2,1-4H3,(H3,36,37)(H,38,41)/t24?,27-,33?/m1/s1. The van der Waals surface area contributed by atoms with E-state index in [1.165, 1.54) is 0 Å². The van der Waals surface area contributed by atoms with Crippen molar-refractivity contribution < 1.29 is 9.59 Å². The summed E-state index contributed by atoms with van der Waals surface area (Å²) in [4.78, 5) is 34.3. The fourth-order valence-corrected chi connectivity index (χ4v) is 6.93. The Labute approximate surface area is 259 Å². The van der Waals surface area contributed by atoms with Gasteiger partial charge in [-0.2, -0.15) is 0 Å². The quantitative estimate of drug-likeness (QED) is 0.180. The van der Waals surface area contributed by atoms with Crippen molar-refractivity contribution in [2.75, 3.05) is 6.54 Å². The van der Waals surface area contributed by atoms with Gasteiger partial charge in [0.2, 0.25) is 0 Å². The number of hydrogen-bond acceptors (Lipinski definition) is 4. The van der Waals surface area contributed by atoms with Gasteiger partial charge in [-0.05, 0) is 79.3 Å². The summed E-state index contributed by atoms with van der Waals surface area (Å²) in [5.41, 5.74) is 7.46. The number of nitrogens with one attached hydrogen (secondary N) is 2. The molecule has 4 rings (SSSR count). The van der Waals surface area contributed by atoms with Crippen LogP contribution in [0.4, 0.5) is 0 Å². The molecule has 0 aromatic heterocycles. The molecule has 0 unspecified atom stereocenters. The highest BCUT2D eigenvalue weighted by atomic mass is 35.5. The van der Waals surface area contributed by atoms with Crippen molar-refractivity contribution in [2.24, 2.45) is 22.1 Å². The maximum absolute atomic E-state index is 14.5. The molecule has 2 aliphatic rings. The monoisotopic (exact) mass is 611 g/mol. The molecule has 1 spiro atoms. The molecule has 0 radical (unpaired) electrons. The van der Waals surface area contributed by atoms with Crippen molar-refractivity contribution in [1.82, 2.24) is 10.2 Å². The largest absolute Gasteiger partial charge is 0.386 e. The maximum Gasteiger partial charge on any atom is 0.275 e. The van der Waals surface area contributed by atoms with Crippen LogP contribution in [0.2, 0.25) is 10.0 Å². The van der Waals surface area contributed by atoms with Crippen LogP contribution in [0.1, 0.15) is 107 Å². The van der Waals surface area contributed by atoms with Crippen molar-refractivity contribution >= 4 is 46.6 Å². The Morgan fingerprint density at radius 3 is 2.31 bits per heavy atom. The van der Waals surface area contributed by atoms with Crippen molar-refractivity contribution in [3.05, 3.63) is 69.2 Å². The predicted molar refractivity (Wildman–Crippen MR) is 172 cm³/mol. The van der Waals surface area contributed by atoms with Gasteiger partial charge in [0, 0.05) is 21.2 Å². The van der Waals surface area contributed by atoms with E-state index in [2.05, 4.69) is 33.0 Å². The number of nitrogens with zero attached hydrogens (tertiary/aromatic N) is 2. The van der Waals surface area contributed by atoms with E-state index in [9.17, 15) is 9.59 Å². The fraction of sp³-hybridized carbons (Fsp3) is 0.515. The summed E-state index contributed by atoms with van der Waals surface area (Å²) in [5, 5.41) is 11.0. The third kappa shape index (κ3) is 6.84. The van der Waals surface area contributed by atoms with Crippen LogP contribution in [0.3, 0.4) is 0 Å². The molecular weight excluding hydrogens is 569 g/mol. The van der Waals surface area contributed by atoms with Crippen LogP contribution in [-0.4, -0.2) is 40.5 Å². The van der Waals surface area contributed by atoms with Gasteiger partial charge in [0.05, 0.1) is 12.6 Å². The average Bonchev–Trinajstić information content (AvgIpc) is 3.23. The Kier molecular flexibility index (Phi) is 10.0. The van der Waals surface area contributed by atoms with Crippen molar-refractivity contribution in [2.45, 2.75) is 90.8 Å². The number of rotatable bonds is 11. The molecule has 1 aliphatic heterocycles. The molecule has 7 nitrogen and oxygen atoms in total. The molecule has 42 heavy (non-hydrogen) atoms. The Morgan fingerprint density at radius 1 is 1.14 bits per heavy atom. The molecule has 2 amide bonds. The second kappa shape index (κ2) is 13.2. The molecule has 2 aromatic rings. The van der Waals surface area contributed by atoms with Crippen LogP contribution < -0.4 is 11.1 Å². The van der Waals surface area contributed by atoms with Gasteiger partial charge < -0.3 is 16.0 Å². The van der Waals surface area contributed by atoms with Crippen LogP contribution in [0.5, 0.6) is 0 Å². The Bertz CT molecular complexity index is 1330. The van der Waals surface area contributed by atoms with Gasteiger partial charge in [-0.25, -0.2) is 0 Å². The van der Waals surface area contributed by atoms with E-state index in [1.54, 1.807) is 30.3 Å². The zero-order chi connectivity index (χ0) is 30.7. The summed E-state index contributed by atoms with van der Waals surface area (Å²) in [6.07, 6.45) is 7.38. The van der Waals surface area contributed by atoms with E-state index in [4.69, 9.17) is 39.3 Å². The molecule has 4 N–H and O–H groups in total. The van der Waals surface area contributed by atoms with E-state index in [0.717, 1.165) is 56.9 Å². The van der Waals surface area contributed by atoms with Gasteiger partial charge in [-0.3, -0.25) is 20.0 Å². The van der Waals surface area contributed by atoms with Gasteiger partial charge in [-0.15, -0.1) is 0 Å². The zero-order valence-corrected chi connectivity index (χ0v) is 26.6. The van der Waals surface area contributed by atoms with Crippen LogP contribution in [-0.2, 0) is 4.79 Å². The number of amidine groups is 1. The van der Waals surface area contributed by atoms with Crippen LogP contribution in [0.25, 0.3) is 0 Å². The van der Waals surface area contributed by atoms with E-state index < -0.39 is 5.66 Å². The second-order valence-electron chi connectivity index (χ2n) is 12.4. The maximum atomic E-state index is 14.5. The van der Waals surface area contributed by atoms with Crippen molar-refractivity contribution in [1.29, 1.82) is 5.41 Å². The number of carbonyl (C=O) groups excluding carboxylic acids is 2. The van der Waals surface area contributed by atoms with Crippen molar-refractivity contribution in [3.8, 4) is 0 Å². The lowest BCUT2D eigenvalue weighted by Crippen LogP contribution is -2.51. The van der Waals surface area contributed by atoms with Crippen LogP contribution >= 0.6 is 23.2 Å². The number of hydrogen-bond donors (Lipinski definition) is 3. The summed E-state index contributed by atoms with van der Waals surface area (Å²) in [7, 11) is 0. The highest BCUT2D eigenvalue weighted by molar-refractivity contribution is 6.47. The summed E-state index contributed by atoms with van der Waals surface area (Å²) >= 11 is 12.7. The minimum Gasteiger partial charge on any atom is -0.386 e. The minimum absolute atomic E-state index is 0.00598. The van der Waals surface area contributed by atoms with E-state index in [1.807, 2.05) is 17.0 Å². The molecule has 226 valence electrons. The Balaban J connectivity index is 1.74. The number of nitrogens with two attached hydrogens (primary N) is 1. The fourth-order valence-electron chi connectivity index (χ4n) is 6.40. The normalized spacial score (nSPS) is 21.4. The van der Waals surface area contributed by atoms with Gasteiger partial charge in [0.25, 0.3) is 11.8 Å². The minimum atomic E-state index is -0.655. The molecule has 0 saturated heterocycles. The SMILES string of the molecule is CCCC[C@H](c1ccc(C(=O)NCC(=N)N)cc1)N1C(=O)C(c2cc(Cl)cc(Cl)c2)=NC12CCC(C(C)(C)CC)CC2. The lowest BCUT2D eigenvalue weighted by molar-refractivity contribution is -0.133.